The van der Waals surface area contributed by atoms with Crippen LogP contribution in [0.2, 0.25) is 0 Å². The summed E-state index contributed by atoms with van der Waals surface area (Å²) in [5.41, 5.74) is -0.423. The Kier molecular flexibility index (Phi) is 3.76. The number of pyridine rings is 1. The fourth-order valence-corrected chi connectivity index (χ4v) is 3.42. The van der Waals surface area contributed by atoms with Gasteiger partial charge in [0.15, 0.2) is 0 Å². The van der Waals surface area contributed by atoms with E-state index in [0.29, 0.717) is 25.1 Å². The molecule has 0 bridgehead atoms. The molecule has 3 amide bonds. The number of carbonyl (C=O) groups is 2. The molecule has 2 aliphatic rings. The van der Waals surface area contributed by atoms with Crippen LogP contribution in [0.25, 0.3) is 0 Å². The first kappa shape index (κ1) is 14.8. The second kappa shape index (κ2) is 5.59. The van der Waals surface area contributed by atoms with E-state index in [2.05, 4.69) is 5.32 Å². The molecule has 2 heterocycles. The Bertz CT molecular complexity index is 657. The van der Waals surface area contributed by atoms with Crippen LogP contribution in [0.5, 0.6) is 0 Å². The van der Waals surface area contributed by atoms with Crippen LogP contribution >= 0.6 is 0 Å². The molecule has 1 aliphatic heterocycles. The van der Waals surface area contributed by atoms with E-state index in [1.807, 2.05) is 6.92 Å². The van der Waals surface area contributed by atoms with Gasteiger partial charge in [-0.05, 0) is 25.8 Å². The van der Waals surface area contributed by atoms with Crippen molar-refractivity contribution in [3.05, 3.63) is 28.7 Å². The van der Waals surface area contributed by atoms with Crippen molar-refractivity contribution in [3.8, 4) is 0 Å². The van der Waals surface area contributed by atoms with Gasteiger partial charge in [0.25, 0.3) is 11.5 Å². The number of rotatable bonds is 2. The minimum atomic E-state index is -0.749. The van der Waals surface area contributed by atoms with Gasteiger partial charge in [0.2, 0.25) is 0 Å². The zero-order valence-corrected chi connectivity index (χ0v) is 12.8. The number of urea groups is 1. The molecule has 118 valence electrons. The number of imide groups is 1. The van der Waals surface area contributed by atoms with Gasteiger partial charge in [0.1, 0.15) is 5.54 Å². The Morgan fingerprint density at radius 2 is 1.77 bits per heavy atom. The van der Waals surface area contributed by atoms with Crippen molar-refractivity contribution in [3.63, 3.8) is 0 Å². The maximum absolute atomic E-state index is 12.9. The van der Waals surface area contributed by atoms with Crippen molar-refractivity contribution in [1.29, 1.82) is 0 Å². The highest BCUT2D eigenvalue weighted by atomic mass is 16.2. The molecule has 1 aromatic rings. The van der Waals surface area contributed by atoms with Crippen LogP contribution in [0.3, 0.4) is 0 Å². The fourth-order valence-electron chi connectivity index (χ4n) is 3.42. The van der Waals surface area contributed by atoms with E-state index >= 15 is 0 Å². The van der Waals surface area contributed by atoms with Gasteiger partial charge in [0.05, 0.1) is 5.69 Å². The van der Waals surface area contributed by atoms with E-state index in [0.717, 1.165) is 25.7 Å². The number of nitrogens with zero attached hydrogens (tertiary/aromatic N) is 2. The number of aryl methyl sites for hydroxylation is 1. The molecule has 1 aliphatic carbocycles. The zero-order chi connectivity index (χ0) is 15.7. The molecule has 6 nitrogen and oxygen atoms in total. The van der Waals surface area contributed by atoms with Crippen molar-refractivity contribution >= 4 is 17.6 Å². The third kappa shape index (κ3) is 2.32. The SMILES string of the molecule is CCn1cc(N2C(=O)NC3(CCCCCC3)C2=O)ccc1=O. The molecule has 0 unspecified atom stereocenters. The second-order valence-corrected chi connectivity index (χ2v) is 6.08. The summed E-state index contributed by atoms with van der Waals surface area (Å²) >= 11 is 0. The third-order valence-electron chi connectivity index (χ3n) is 4.69. The lowest BCUT2D eigenvalue weighted by atomic mass is 9.90. The predicted molar refractivity (Wildman–Crippen MR) is 82.8 cm³/mol. The molecule has 2 fully saturated rings. The average Bonchev–Trinajstić information content (AvgIpc) is 2.68. The maximum atomic E-state index is 12.9. The molecule has 1 aromatic heterocycles. The minimum absolute atomic E-state index is 0.137. The Labute approximate surface area is 129 Å². The summed E-state index contributed by atoms with van der Waals surface area (Å²) in [5, 5.41) is 2.91. The van der Waals surface area contributed by atoms with E-state index in [-0.39, 0.29) is 17.5 Å². The molecule has 1 saturated heterocycles. The van der Waals surface area contributed by atoms with Crippen LogP contribution in [0.4, 0.5) is 10.5 Å². The lowest BCUT2D eigenvalue weighted by Gasteiger charge is -2.24. The van der Waals surface area contributed by atoms with Crippen LogP contribution in [0.15, 0.2) is 23.1 Å². The van der Waals surface area contributed by atoms with E-state index in [9.17, 15) is 14.4 Å². The number of hydrogen-bond donors (Lipinski definition) is 1. The van der Waals surface area contributed by atoms with Crippen molar-refractivity contribution in [2.24, 2.45) is 0 Å². The van der Waals surface area contributed by atoms with Crippen LogP contribution in [0.1, 0.15) is 45.4 Å². The molecule has 3 rings (SSSR count). The predicted octanol–water partition coefficient (Wildman–Crippen LogP) is 2.02. The summed E-state index contributed by atoms with van der Waals surface area (Å²) in [6, 6.07) is 2.56. The Morgan fingerprint density at radius 3 is 2.41 bits per heavy atom. The van der Waals surface area contributed by atoms with Gasteiger partial charge >= 0.3 is 6.03 Å². The highest BCUT2D eigenvalue weighted by Gasteiger charge is 2.51. The van der Waals surface area contributed by atoms with Gasteiger partial charge in [-0.1, -0.05) is 25.7 Å². The molecule has 1 spiro atoms. The van der Waals surface area contributed by atoms with Gasteiger partial charge in [-0.25, -0.2) is 9.69 Å². The molecule has 22 heavy (non-hydrogen) atoms. The summed E-state index contributed by atoms with van der Waals surface area (Å²) in [7, 11) is 0. The standard InChI is InChI=1S/C16H21N3O3/c1-2-18-11-12(7-8-13(18)20)19-14(21)16(17-15(19)22)9-5-3-4-6-10-16/h7-8,11H,2-6,9-10H2,1H3,(H,17,22). The Hall–Kier alpha value is -2.11. The molecule has 0 atom stereocenters. The first-order chi connectivity index (χ1) is 10.6. The molecule has 6 heteroatoms. The van der Waals surface area contributed by atoms with Gasteiger partial charge in [-0.3, -0.25) is 9.59 Å². The van der Waals surface area contributed by atoms with Crippen LogP contribution in [-0.4, -0.2) is 22.0 Å². The molecule has 1 saturated carbocycles. The van der Waals surface area contributed by atoms with E-state index in [4.69, 9.17) is 0 Å². The first-order valence-electron chi connectivity index (χ1n) is 7.94. The van der Waals surface area contributed by atoms with Crippen molar-refractivity contribution in [2.75, 3.05) is 4.90 Å². The number of nitrogens with one attached hydrogen (secondary N) is 1. The lowest BCUT2D eigenvalue weighted by Crippen LogP contribution is -2.46. The Balaban J connectivity index is 1.96. The van der Waals surface area contributed by atoms with Crippen LogP contribution < -0.4 is 15.8 Å². The largest absolute Gasteiger partial charge is 0.329 e. The highest BCUT2D eigenvalue weighted by molar-refractivity contribution is 6.23. The zero-order valence-electron chi connectivity index (χ0n) is 12.8. The summed E-state index contributed by atoms with van der Waals surface area (Å²) < 4.78 is 1.49. The molecule has 0 aromatic carbocycles. The quantitative estimate of drug-likeness (QED) is 0.850. The van der Waals surface area contributed by atoms with Gasteiger partial charge in [-0.2, -0.15) is 0 Å². The van der Waals surface area contributed by atoms with Gasteiger partial charge in [0, 0.05) is 18.8 Å². The van der Waals surface area contributed by atoms with E-state index in [1.165, 1.54) is 15.5 Å². The van der Waals surface area contributed by atoms with E-state index < -0.39 is 5.54 Å². The summed E-state index contributed by atoms with van der Waals surface area (Å²) in [6.07, 6.45) is 7.08. The number of anilines is 1. The number of carbonyl (C=O) groups excluding carboxylic acids is 2. The summed E-state index contributed by atoms with van der Waals surface area (Å²) in [4.78, 5) is 38.1. The molecular formula is C16H21N3O3. The average molecular weight is 303 g/mol. The van der Waals surface area contributed by atoms with Gasteiger partial charge < -0.3 is 9.88 Å². The van der Waals surface area contributed by atoms with Crippen LogP contribution in [-0.2, 0) is 11.3 Å². The number of amides is 3. The molecule has 0 radical (unpaired) electrons. The Morgan fingerprint density at radius 1 is 1.09 bits per heavy atom. The highest BCUT2D eigenvalue weighted by Crippen LogP contribution is 2.34. The molecule has 1 N–H and O–H groups in total. The van der Waals surface area contributed by atoms with Crippen LogP contribution in [0, 0.1) is 0 Å². The van der Waals surface area contributed by atoms with Crippen molar-refractivity contribution < 1.29 is 9.59 Å². The molecular weight excluding hydrogens is 282 g/mol. The second-order valence-electron chi connectivity index (χ2n) is 6.08. The normalized spacial score (nSPS) is 21.0. The lowest BCUT2D eigenvalue weighted by molar-refractivity contribution is -0.122. The summed E-state index contributed by atoms with van der Waals surface area (Å²) in [5.74, 6) is -0.180. The van der Waals surface area contributed by atoms with Gasteiger partial charge in [-0.15, -0.1) is 0 Å². The maximum Gasteiger partial charge on any atom is 0.329 e. The smallest absolute Gasteiger partial charge is 0.323 e. The number of aromatic nitrogens is 1. The minimum Gasteiger partial charge on any atom is -0.323 e. The number of hydrogen-bond acceptors (Lipinski definition) is 3. The fraction of sp³-hybridized carbons (Fsp3) is 0.562. The first-order valence-corrected chi connectivity index (χ1v) is 7.94. The van der Waals surface area contributed by atoms with Crippen molar-refractivity contribution in [2.45, 2.75) is 57.5 Å². The van der Waals surface area contributed by atoms with E-state index in [1.54, 1.807) is 12.3 Å². The summed E-state index contributed by atoms with van der Waals surface area (Å²) in [6.45, 7) is 2.35. The third-order valence-corrected chi connectivity index (χ3v) is 4.69. The van der Waals surface area contributed by atoms with Crippen molar-refractivity contribution in [1.82, 2.24) is 9.88 Å². The monoisotopic (exact) mass is 303 g/mol. The topological polar surface area (TPSA) is 71.4 Å².